The second-order valence-electron chi connectivity index (χ2n) is 8.84. The zero-order valence-corrected chi connectivity index (χ0v) is 21.2. The first-order valence-electron chi connectivity index (χ1n) is 11.5. The molecule has 4 aromatic rings. The van der Waals surface area contributed by atoms with Gasteiger partial charge in [0, 0.05) is 36.3 Å². The summed E-state index contributed by atoms with van der Waals surface area (Å²) in [5.41, 5.74) is 2.22. The fourth-order valence-electron chi connectivity index (χ4n) is 4.01. The molecule has 0 saturated heterocycles. The number of aromatic nitrogens is 3. The minimum atomic E-state index is -3.80. The van der Waals surface area contributed by atoms with Gasteiger partial charge in [-0.3, -0.25) is 4.79 Å². The molecule has 6 rings (SSSR count). The summed E-state index contributed by atoms with van der Waals surface area (Å²) in [5.74, 6) is -1.58. The van der Waals surface area contributed by atoms with E-state index in [-0.39, 0.29) is 34.3 Å². The topological polar surface area (TPSA) is 126 Å². The number of sulfone groups is 1. The Morgan fingerprint density at radius 1 is 0.921 bits per heavy atom. The minimum absolute atomic E-state index is 0.0241. The second-order valence-corrected chi connectivity index (χ2v) is 10.8. The molecule has 0 aliphatic carbocycles. The fraction of sp³-hybridized carbons (Fsp3) is 0.154. The summed E-state index contributed by atoms with van der Waals surface area (Å²) in [6, 6.07) is 10.2. The standard InChI is InChI=1S/C26H22F2N6O3S/c1-14-12-31-26-33-21-10-17(13-30-23(21)28)16-4-5-18(22(11-16)38(2,36)37)25(35)29-8-7-15-3-6-19(27)20(9-15)32-24(14)34-26/h3-6,9-13H,7-8H2,1-2H3,(H,29,35)(H2,31,32,33,34). The van der Waals surface area contributed by atoms with Gasteiger partial charge in [-0.15, -0.1) is 0 Å². The number of rotatable bonds is 1. The average Bonchev–Trinajstić information content (AvgIpc) is 2.87. The summed E-state index contributed by atoms with van der Waals surface area (Å²) in [4.78, 5) is 25.1. The number of fused-ring (bicyclic) bond motifs is 5. The minimum Gasteiger partial charge on any atom is -0.352 e. The quantitative estimate of drug-likeness (QED) is 0.308. The Hall–Kier alpha value is -4.45. The molecule has 2 aromatic carbocycles. The summed E-state index contributed by atoms with van der Waals surface area (Å²) in [6.45, 7) is 1.92. The molecule has 9 nitrogen and oxygen atoms in total. The van der Waals surface area contributed by atoms with Crippen molar-refractivity contribution < 1.29 is 22.0 Å². The maximum atomic E-state index is 14.6. The van der Waals surface area contributed by atoms with Gasteiger partial charge in [0.1, 0.15) is 11.6 Å². The summed E-state index contributed by atoms with van der Waals surface area (Å²) < 4.78 is 54.4. The molecule has 0 spiro atoms. The first-order chi connectivity index (χ1) is 18.1. The van der Waals surface area contributed by atoms with E-state index in [1.807, 2.05) is 0 Å². The van der Waals surface area contributed by atoms with Gasteiger partial charge >= 0.3 is 0 Å². The maximum absolute atomic E-state index is 14.6. The number of nitrogens with one attached hydrogen (secondary N) is 3. The Kier molecular flexibility index (Phi) is 6.49. The summed E-state index contributed by atoms with van der Waals surface area (Å²) >= 11 is 0. The number of halogens is 2. The van der Waals surface area contributed by atoms with Crippen LogP contribution in [0.5, 0.6) is 0 Å². The van der Waals surface area contributed by atoms with Crippen LogP contribution in [-0.4, -0.2) is 42.1 Å². The predicted octanol–water partition coefficient (Wildman–Crippen LogP) is 4.30. The Morgan fingerprint density at radius 2 is 1.74 bits per heavy atom. The molecule has 4 heterocycles. The van der Waals surface area contributed by atoms with Crippen molar-refractivity contribution in [1.29, 1.82) is 0 Å². The van der Waals surface area contributed by atoms with Crippen molar-refractivity contribution >= 4 is 38.9 Å². The van der Waals surface area contributed by atoms with Gasteiger partial charge in [0.25, 0.3) is 5.91 Å². The largest absolute Gasteiger partial charge is 0.352 e. The normalized spacial score (nSPS) is 13.4. The third-order valence-corrected chi connectivity index (χ3v) is 7.14. The van der Waals surface area contributed by atoms with Gasteiger partial charge < -0.3 is 16.0 Å². The van der Waals surface area contributed by atoms with Crippen LogP contribution in [0.4, 0.5) is 31.9 Å². The highest BCUT2D eigenvalue weighted by Gasteiger charge is 2.21. The molecule has 0 atom stereocenters. The first kappa shape index (κ1) is 25.2. The van der Waals surface area contributed by atoms with Crippen LogP contribution in [0.15, 0.2) is 59.8 Å². The Morgan fingerprint density at radius 3 is 2.53 bits per heavy atom. The Balaban J connectivity index is 1.66. The van der Waals surface area contributed by atoms with Crippen LogP contribution in [0.3, 0.4) is 0 Å². The molecule has 8 bridgehead atoms. The van der Waals surface area contributed by atoms with E-state index in [1.165, 1.54) is 36.7 Å². The molecule has 0 fully saturated rings. The zero-order valence-electron chi connectivity index (χ0n) is 20.3. The second kappa shape index (κ2) is 9.78. The molecule has 12 heteroatoms. The number of aryl methyl sites for hydroxylation is 1. The highest BCUT2D eigenvalue weighted by Crippen LogP contribution is 2.30. The summed E-state index contributed by atoms with van der Waals surface area (Å²) in [5, 5.41) is 8.46. The third-order valence-electron chi connectivity index (χ3n) is 6.00. The number of nitrogens with zero attached hydrogens (tertiary/aromatic N) is 3. The monoisotopic (exact) mass is 536 g/mol. The molecule has 1 amide bonds. The van der Waals surface area contributed by atoms with Crippen LogP contribution in [-0.2, 0) is 16.3 Å². The molecule has 3 N–H and O–H groups in total. The number of anilines is 4. The van der Waals surface area contributed by atoms with E-state index in [0.717, 1.165) is 11.8 Å². The lowest BCUT2D eigenvalue weighted by Crippen LogP contribution is -2.27. The number of amides is 1. The van der Waals surface area contributed by atoms with Crippen LogP contribution in [0.1, 0.15) is 21.5 Å². The van der Waals surface area contributed by atoms with Gasteiger partial charge in [-0.2, -0.15) is 9.37 Å². The highest BCUT2D eigenvalue weighted by molar-refractivity contribution is 7.90. The fourth-order valence-corrected chi connectivity index (χ4v) is 4.91. The lowest BCUT2D eigenvalue weighted by atomic mass is 10.0. The van der Waals surface area contributed by atoms with E-state index in [1.54, 1.807) is 25.1 Å². The van der Waals surface area contributed by atoms with Gasteiger partial charge in [-0.1, -0.05) is 12.1 Å². The van der Waals surface area contributed by atoms with Crippen LogP contribution >= 0.6 is 0 Å². The molecule has 2 aliphatic heterocycles. The predicted molar refractivity (Wildman–Crippen MR) is 139 cm³/mol. The molecule has 2 aromatic heterocycles. The molecule has 194 valence electrons. The van der Waals surface area contributed by atoms with E-state index < -0.39 is 27.5 Å². The van der Waals surface area contributed by atoms with Crippen LogP contribution in [0, 0.1) is 18.7 Å². The van der Waals surface area contributed by atoms with Crippen LogP contribution in [0.2, 0.25) is 0 Å². The molecule has 2 aliphatic rings. The van der Waals surface area contributed by atoms with Crippen molar-refractivity contribution in [3.8, 4) is 11.1 Å². The number of carbonyl (C=O) groups is 1. The van der Waals surface area contributed by atoms with Crippen molar-refractivity contribution in [3.05, 3.63) is 83.3 Å². The van der Waals surface area contributed by atoms with Crippen molar-refractivity contribution in [2.75, 3.05) is 23.4 Å². The molecular formula is C26H22F2N6O3S. The molecule has 0 radical (unpaired) electrons. The van der Waals surface area contributed by atoms with Crippen LogP contribution < -0.4 is 16.0 Å². The van der Waals surface area contributed by atoms with E-state index in [0.29, 0.717) is 28.9 Å². The first-order valence-corrected chi connectivity index (χ1v) is 13.4. The van der Waals surface area contributed by atoms with Gasteiger partial charge in [-0.25, -0.2) is 22.8 Å². The highest BCUT2D eigenvalue weighted by atomic mass is 32.2. The zero-order chi connectivity index (χ0) is 27.0. The van der Waals surface area contributed by atoms with E-state index >= 15 is 0 Å². The number of hydrogen-bond donors (Lipinski definition) is 3. The Labute approximate surface area is 217 Å². The van der Waals surface area contributed by atoms with E-state index in [2.05, 4.69) is 30.9 Å². The average molecular weight is 537 g/mol. The van der Waals surface area contributed by atoms with E-state index in [4.69, 9.17) is 0 Å². The molecule has 0 saturated carbocycles. The summed E-state index contributed by atoms with van der Waals surface area (Å²) in [7, 11) is -3.80. The van der Waals surface area contributed by atoms with Gasteiger partial charge in [0.05, 0.1) is 21.8 Å². The van der Waals surface area contributed by atoms with E-state index in [9.17, 15) is 22.0 Å². The van der Waals surface area contributed by atoms with Gasteiger partial charge in [0.15, 0.2) is 9.84 Å². The lowest BCUT2D eigenvalue weighted by Gasteiger charge is -2.13. The molecule has 0 unspecified atom stereocenters. The van der Waals surface area contributed by atoms with Crippen molar-refractivity contribution in [2.45, 2.75) is 18.2 Å². The summed E-state index contributed by atoms with van der Waals surface area (Å²) in [6.07, 6.45) is 4.12. The van der Waals surface area contributed by atoms with Crippen molar-refractivity contribution in [1.82, 2.24) is 20.3 Å². The Bertz CT molecular complexity index is 1690. The smallest absolute Gasteiger partial charge is 0.252 e. The third kappa shape index (κ3) is 5.16. The molecular weight excluding hydrogens is 514 g/mol. The van der Waals surface area contributed by atoms with Gasteiger partial charge in [0.2, 0.25) is 11.9 Å². The van der Waals surface area contributed by atoms with Crippen molar-refractivity contribution in [3.63, 3.8) is 0 Å². The number of benzene rings is 2. The lowest BCUT2D eigenvalue weighted by molar-refractivity contribution is 0.0951. The number of carbonyl (C=O) groups excluding carboxylic acids is 1. The SMILES string of the molecule is Cc1cnc2nc1Nc1cc(ccc1F)CCNC(=O)c1ccc(cc1S(C)(=O)=O)-c1cnc(F)c(c1)N2. The number of hydrogen-bond acceptors (Lipinski definition) is 8. The van der Waals surface area contributed by atoms with Crippen molar-refractivity contribution in [2.24, 2.45) is 0 Å². The van der Waals surface area contributed by atoms with Gasteiger partial charge in [-0.05, 0) is 54.8 Å². The van der Waals surface area contributed by atoms with Crippen LogP contribution in [0.25, 0.3) is 11.1 Å². The maximum Gasteiger partial charge on any atom is 0.252 e. The number of pyridine rings is 1. The molecule has 38 heavy (non-hydrogen) atoms.